The molecule has 5 unspecified atom stereocenters. The maximum absolute atomic E-state index is 11.4. The average Bonchev–Trinajstić information content (AvgIpc) is 2.94. The first kappa shape index (κ1) is 23.0. The number of hydrogen-bond donors (Lipinski definition) is 2. The van der Waals surface area contributed by atoms with E-state index in [9.17, 15) is 10.2 Å². The lowest BCUT2D eigenvalue weighted by Gasteiger charge is -2.63. The summed E-state index contributed by atoms with van der Waals surface area (Å²) in [6.45, 7) is 20.8. The van der Waals surface area contributed by atoms with Crippen molar-refractivity contribution < 1.29 is 14.6 Å². The Kier molecular flexibility index (Phi) is 5.50. The Morgan fingerprint density at radius 3 is 2.27 bits per heavy atom. The first-order valence-electron chi connectivity index (χ1n) is 12.4. The fourth-order valence-corrected chi connectivity index (χ4v) is 9.23. The van der Waals surface area contributed by atoms with Crippen LogP contribution in [0.1, 0.15) is 79.6 Å². The summed E-state index contributed by atoms with van der Waals surface area (Å²) in [6, 6.07) is 0. The van der Waals surface area contributed by atoms with Gasteiger partial charge in [0.15, 0.2) is 8.32 Å². The molecule has 4 fully saturated rings. The fraction of sp³-hybridized carbons (Fsp3) is 0.923. The van der Waals surface area contributed by atoms with Gasteiger partial charge in [-0.3, -0.25) is 0 Å². The number of allylic oxidation sites excluding steroid dienone is 1. The van der Waals surface area contributed by atoms with Gasteiger partial charge in [-0.25, -0.2) is 0 Å². The summed E-state index contributed by atoms with van der Waals surface area (Å²) >= 11 is 0. The van der Waals surface area contributed by atoms with Crippen LogP contribution >= 0.6 is 0 Å². The topological polar surface area (TPSA) is 49.7 Å². The van der Waals surface area contributed by atoms with Gasteiger partial charge in [0.2, 0.25) is 0 Å². The molecule has 0 amide bonds. The van der Waals surface area contributed by atoms with E-state index in [0.717, 1.165) is 32.1 Å². The second-order valence-electron chi connectivity index (χ2n) is 13.3. The zero-order valence-corrected chi connectivity index (χ0v) is 21.5. The lowest BCUT2D eigenvalue weighted by atomic mass is 9.43. The molecule has 0 radical (unpaired) electrons. The molecular formula is C26H46O3Si. The fourth-order valence-electron chi connectivity index (χ4n) is 7.83. The molecule has 4 rings (SSSR count). The summed E-state index contributed by atoms with van der Waals surface area (Å²) in [5, 5.41) is 23.0. The summed E-state index contributed by atoms with van der Waals surface area (Å²) in [4.78, 5) is 0. The molecule has 172 valence electrons. The van der Waals surface area contributed by atoms with Crippen LogP contribution in [-0.2, 0) is 4.43 Å². The van der Waals surface area contributed by atoms with Crippen molar-refractivity contribution in [2.75, 3.05) is 0 Å². The van der Waals surface area contributed by atoms with E-state index in [2.05, 4.69) is 54.3 Å². The molecule has 30 heavy (non-hydrogen) atoms. The predicted octanol–water partition coefficient (Wildman–Crippen LogP) is 5.92. The molecule has 0 heterocycles. The summed E-state index contributed by atoms with van der Waals surface area (Å²) in [5.41, 5.74) is 1.65. The molecule has 4 saturated carbocycles. The molecule has 9 atom stereocenters. The normalized spacial score (nSPS) is 49.4. The highest BCUT2D eigenvalue weighted by atomic mass is 28.4. The Morgan fingerprint density at radius 2 is 1.63 bits per heavy atom. The van der Waals surface area contributed by atoms with Gasteiger partial charge in [-0.15, -0.1) is 0 Å². The second kappa shape index (κ2) is 7.17. The van der Waals surface area contributed by atoms with E-state index in [1.165, 1.54) is 18.4 Å². The van der Waals surface area contributed by atoms with Crippen LogP contribution in [0.2, 0.25) is 18.1 Å². The van der Waals surface area contributed by atoms with E-state index in [0.29, 0.717) is 11.8 Å². The van der Waals surface area contributed by atoms with Crippen molar-refractivity contribution in [1.82, 2.24) is 0 Å². The summed E-state index contributed by atoms with van der Waals surface area (Å²) < 4.78 is 6.79. The number of aliphatic hydroxyl groups is 2. The van der Waals surface area contributed by atoms with Crippen molar-refractivity contribution in [3.63, 3.8) is 0 Å². The van der Waals surface area contributed by atoms with Crippen LogP contribution in [0.3, 0.4) is 0 Å². The first-order valence-corrected chi connectivity index (χ1v) is 15.4. The van der Waals surface area contributed by atoms with Crippen LogP contribution in [0.15, 0.2) is 12.2 Å². The smallest absolute Gasteiger partial charge is 0.192 e. The van der Waals surface area contributed by atoms with E-state index in [1.807, 2.05) is 0 Å². The Balaban J connectivity index is 1.58. The van der Waals surface area contributed by atoms with Crippen molar-refractivity contribution in [3.8, 4) is 0 Å². The zero-order valence-electron chi connectivity index (χ0n) is 20.5. The largest absolute Gasteiger partial charge is 0.414 e. The third kappa shape index (κ3) is 3.23. The van der Waals surface area contributed by atoms with Crippen molar-refractivity contribution in [1.29, 1.82) is 0 Å². The van der Waals surface area contributed by atoms with Crippen LogP contribution in [0.4, 0.5) is 0 Å². The van der Waals surface area contributed by atoms with Crippen molar-refractivity contribution in [2.24, 2.45) is 34.5 Å². The minimum Gasteiger partial charge on any atom is -0.414 e. The molecule has 4 aliphatic carbocycles. The zero-order chi connectivity index (χ0) is 22.3. The first-order chi connectivity index (χ1) is 13.7. The van der Waals surface area contributed by atoms with Gasteiger partial charge >= 0.3 is 0 Å². The van der Waals surface area contributed by atoms with Crippen LogP contribution in [0.25, 0.3) is 0 Å². The summed E-state index contributed by atoms with van der Waals surface area (Å²) in [7, 11) is -1.84. The van der Waals surface area contributed by atoms with E-state index in [4.69, 9.17) is 4.43 Å². The van der Waals surface area contributed by atoms with Gasteiger partial charge in [-0.2, -0.15) is 0 Å². The van der Waals surface area contributed by atoms with E-state index in [-0.39, 0.29) is 33.8 Å². The molecule has 4 aliphatic rings. The van der Waals surface area contributed by atoms with Gasteiger partial charge in [-0.05, 0) is 97.6 Å². The minimum absolute atomic E-state index is 0.113. The maximum Gasteiger partial charge on any atom is 0.192 e. The monoisotopic (exact) mass is 434 g/mol. The highest BCUT2D eigenvalue weighted by Crippen LogP contribution is 2.67. The number of hydrogen-bond acceptors (Lipinski definition) is 3. The van der Waals surface area contributed by atoms with Gasteiger partial charge in [0.25, 0.3) is 0 Å². The van der Waals surface area contributed by atoms with E-state index in [1.54, 1.807) is 0 Å². The molecule has 0 spiro atoms. The van der Waals surface area contributed by atoms with Gasteiger partial charge in [0.1, 0.15) is 0 Å². The lowest BCUT2D eigenvalue weighted by Crippen LogP contribution is -2.64. The predicted molar refractivity (Wildman–Crippen MR) is 126 cm³/mol. The van der Waals surface area contributed by atoms with Gasteiger partial charge in [0, 0.05) is 6.10 Å². The number of fused-ring (bicyclic) bond motifs is 5. The molecule has 4 heteroatoms. The Labute approximate surface area is 185 Å². The van der Waals surface area contributed by atoms with Crippen molar-refractivity contribution in [2.45, 2.75) is 116 Å². The van der Waals surface area contributed by atoms with Crippen LogP contribution in [-0.4, -0.2) is 36.8 Å². The standard InChI is InChI=1S/C26H46O3Si/c1-16-9-10-18-21-19(12-14-25(16,18)5)26(6)13-11-17(15-20(26)22(27)23(21)28)29-30(7,8)24(2,3)4/h17-23,27-28H,1,9-15H2,2-8H3/t17-,18?,19?,20?,21?,22+,23?,25+,26+/m0/s1. The van der Waals surface area contributed by atoms with Crippen LogP contribution in [0, 0.1) is 34.5 Å². The third-order valence-electron chi connectivity index (χ3n) is 10.9. The highest BCUT2D eigenvalue weighted by molar-refractivity contribution is 6.74. The van der Waals surface area contributed by atoms with Gasteiger partial charge < -0.3 is 14.6 Å². The molecule has 2 N–H and O–H groups in total. The third-order valence-corrected chi connectivity index (χ3v) is 15.5. The molecule has 0 saturated heterocycles. The number of rotatable bonds is 2. The molecule has 0 aliphatic heterocycles. The van der Waals surface area contributed by atoms with Crippen molar-refractivity contribution in [3.05, 3.63) is 12.2 Å². The average molecular weight is 435 g/mol. The molecule has 0 aromatic rings. The Hall–Kier alpha value is -0.163. The lowest BCUT2D eigenvalue weighted by molar-refractivity contribution is -0.217. The van der Waals surface area contributed by atoms with E-state index >= 15 is 0 Å². The maximum atomic E-state index is 11.4. The van der Waals surface area contributed by atoms with Crippen molar-refractivity contribution >= 4 is 8.32 Å². The Morgan fingerprint density at radius 1 is 0.967 bits per heavy atom. The molecule has 0 aromatic carbocycles. The summed E-state index contributed by atoms with van der Waals surface area (Å²) in [6.07, 6.45) is 6.71. The minimum atomic E-state index is -1.84. The SMILES string of the molecule is C=C1CCC2C3C(O)[C@H](O)C4C[C@@H](O[Si](C)(C)C(C)(C)C)CC[C@]4(C)C3CC[C@]12C. The highest BCUT2D eigenvalue weighted by Gasteiger charge is 2.64. The molecule has 0 aromatic heterocycles. The molecular weight excluding hydrogens is 388 g/mol. The number of aliphatic hydroxyl groups excluding tert-OH is 2. The second-order valence-corrected chi connectivity index (χ2v) is 18.0. The Bertz CT molecular complexity index is 697. The van der Waals surface area contributed by atoms with Gasteiger partial charge in [-0.1, -0.05) is 46.8 Å². The summed E-state index contributed by atoms with van der Waals surface area (Å²) in [5.74, 6) is 1.36. The molecule has 3 nitrogen and oxygen atoms in total. The van der Waals surface area contributed by atoms with Crippen LogP contribution in [0.5, 0.6) is 0 Å². The van der Waals surface area contributed by atoms with Gasteiger partial charge in [0.05, 0.1) is 12.2 Å². The van der Waals surface area contributed by atoms with Crippen LogP contribution < -0.4 is 0 Å². The van der Waals surface area contributed by atoms with E-state index < -0.39 is 20.5 Å². The quantitative estimate of drug-likeness (QED) is 0.419. The molecule has 0 bridgehead atoms.